The maximum Gasteiger partial charge on any atom is 0.268 e. The van der Waals surface area contributed by atoms with Gasteiger partial charge >= 0.3 is 0 Å². The topological polar surface area (TPSA) is 60.0 Å². The molecule has 0 aliphatic carbocycles. The van der Waals surface area contributed by atoms with Crippen molar-refractivity contribution >= 4 is 18.3 Å². The van der Waals surface area contributed by atoms with Crippen LogP contribution in [0.1, 0.15) is 23.0 Å². The number of hydrogen-bond acceptors (Lipinski definition) is 2. The summed E-state index contributed by atoms with van der Waals surface area (Å²) in [5, 5.41) is 2.81. The number of nitrogens with zero attached hydrogens (tertiary/aromatic N) is 1. The summed E-state index contributed by atoms with van der Waals surface area (Å²) in [6, 6.07) is 5.48. The Bertz CT molecular complexity index is 702. The first-order valence-corrected chi connectivity index (χ1v) is 6.75. The van der Waals surface area contributed by atoms with Crippen molar-refractivity contribution in [3.8, 4) is 11.1 Å². The van der Waals surface area contributed by atoms with Crippen LogP contribution in [-0.2, 0) is 0 Å². The lowest BCUT2D eigenvalue weighted by Gasteiger charge is -2.25. The summed E-state index contributed by atoms with van der Waals surface area (Å²) in [4.78, 5) is 11.9. The van der Waals surface area contributed by atoms with E-state index in [9.17, 15) is 13.6 Å². The van der Waals surface area contributed by atoms with E-state index in [0.717, 1.165) is 18.6 Å². The first kappa shape index (κ1) is 16.5. The van der Waals surface area contributed by atoms with Crippen molar-refractivity contribution in [1.82, 2.24) is 9.88 Å². The van der Waals surface area contributed by atoms with Gasteiger partial charge in [-0.25, -0.2) is 8.78 Å². The number of hydrogen-bond donors (Lipinski definition) is 2. The van der Waals surface area contributed by atoms with Gasteiger partial charge < -0.3 is 15.6 Å². The van der Waals surface area contributed by atoms with Crippen LogP contribution in [-0.4, -0.2) is 23.6 Å². The summed E-state index contributed by atoms with van der Waals surface area (Å²) in [6.45, 7) is 1.04. The third kappa shape index (κ3) is 2.84. The van der Waals surface area contributed by atoms with Gasteiger partial charge in [-0.3, -0.25) is 4.79 Å². The Morgan fingerprint density at radius 2 is 2.00 bits per heavy atom. The molecule has 3 N–H and O–H groups in total. The molecule has 7 heteroatoms. The van der Waals surface area contributed by atoms with Crippen molar-refractivity contribution < 1.29 is 13.6 Å². The van der Waals surface area contributed by atoms with Crippen molar-refractivity contribution in [3.63, 3.8) is 0 Å². The van der Waals surface area contributed by atoms with Crippen molar-refractivity contribution in [2.75, 3.05) is 13.1 Å². The van der Waals surface area contributed by atoms with Gasteiger partial charge in [0.2, 0.25) is 0 Å². The number of aromatic nitrogens is 1. The van der Waals surface area contributed by atoms with E-state index in [1.807, 2.05) is 4.57 Å². The highest BCUT2D eigenvalue weighted by atomic mass is 35.5. The molecule has 3 rings (SSSR count). The van der Waals surface area contributed by atoms with Crippen LogP contribution in [0.2, 0.25) is 0 Å². The Labute approximate surface area is 132 Å². The zero-order valence-corrected chi connectivity index (χ0v) is 12.5. The maximum atomic E-state index is 13.3. The van der Waals surface area contributed by atoms with E-state index in [-0.39, 0.29) is 24.4 Å². The SMILES string of the molecule is Cl.NCCC1CNC(=O)c2cc(-c3ccc(F)c(F)c3)cn21. The zero-order valence-electron chi connectivity index (χ0n) is 11.7. The number of nitrogens with one attached hydrogen (secondary N) is 1. The second kappa shape index (κ2) is 6.46. The number of carbonyl (C=O) groups excluding carboxylic acids is 1. The minimum atomic E-state index is -0.903. The van der Waals surface area contributed by atoms with Crippen LogP contribution in [0.15, 0.2) is 30.5 Å². The van der Waals surface area contributed by atoms with E-state index in [1.54, 1.807) is 12.3 Å². The average Bonchev–Trinajstić information content (AvgIpc) is 2.91. The minimum absolute atomic E-state index is 0. The molecule has 0 bridgehead atoms. The summed E-state index contributed by atoms with van der Waals surface area (Å²) < 4.78 is 28.2. The number of rotatable bonds is 3. The van der Waals surface area contributed by atoms with Crippen LogP contribution in [0.5, 0.6) is 0 Å². The molecule has 118 valence electrons. The molecule has 1 aliphatic rings. The van der Waals surface area contributed by atoms with E-state index in [2.05, 4.69) is 5.32 Å². The van der Waals surface area contributed by atoms with Crippen LogP contribution in [0.25, 0.3) is 11.1 Å². The van der Waals surface area contributed by atoms with Crippen LogP contribution >= 0.6 is 12.4 Å². The molecule has 0 radical (unpaired) electrons. The van der Waals surface area contributed by atoms with Crippen molar-refractivity contribution in [2.45, 2.75) is 12.5 Å². The third-order valence-electron chi connectivity index (χ3n) is 3.73. The fraction of sp³-hybridized carbons (Fsp3) is 0.267. The number of benzene rings is 1. The van der Waals surface area contributed by atoms with Crippen molar-refractivity contribution in [3.05, 3.63) is 47.8 Å². The molecule has 0 saturated carbocycles. The summed E-state index contributed by atoms with van der Waals surface area (Å²) in [5.41, 5.74) is 7.32. The molecule has 1 unspecified atom stereocenters. The lowest BCUT2D eigenvalue weighted by molar-refractivity contribution is 0.0913. The zero-order chi connectivity index (χ0) is 15.0. The lowest BCUT2D eigenvalue weighted by Crippen LogP contribution is -2.39. The van der Waals surface area contributed by atoms with E-state index in [4.69, 9.17) is 5.73 Å². The Morgan fingerprint density at radius 1 is 1.23 bits per heavy atom. The fourth-order valence-corrected chi connectivity index (χ4v) is 2.63. The molecule has 2 heterocycles. The number of nitrogens with two attached hydrogens (primary N) is 1. The van der Waals surface area contributed by atoms with Gasteiger partial charge in [-0.2, -0.15) is 0 Å². The molecule has 4 nitrogen and oxygen atoms in total. The highest BCUT2D eigenvalue weighted by Gasteiger charge is 2.25. The number of halogens is 3. The second-order valence-corrected chi connectivity index (χ2v) is 5.09. The molecule has 1 amide bonds. The van der Waals surface area contributed by atoms with Gasteiger partial charge in [-0.15, -0.1) is 12.4 Å². The van der Waals surface area contributed by atoms with Crippen molar-refractivity contribution in [1.29, 1.82) is 0 Å². The first-order chi connectivity index (χ1) is 10.1. The normalized spacial score (nSPS) is 16.7. The molecule has 0 fully saturated rings. The van der Waals surface area contributed by atoms with Crippen molar-refractivity contribution in [2.24, 2.45) is 5.73 Å². The largest absolute Gasteiger partial charge is 0.349 e. The Morgan fingerprint density at radius 3 is 2.68 bits per heavy atom. The van der Waals surface area contributed by atoms with Crippen LogP contribution in [0, 0.1) is 11.6 Å². The standard InChI is InChI=1S/C15H15F2N3O.ClH/c16-12-2-1-9(5-13(12)17)10-6-14-15(21)19-7-11(3-4-18)20(14)8-10;/h1-2,5-6,8,11H,3-4,7,18H2,(H,19,21);1H. The third-order valence-corrected chi connectivity index (χ3v) is 3.73. The molecule has 0 spiro atoms. The quantitative estimate of drug-likeness (QED) is 0.910. The number of carbonyl (C=O) groups is 1. The van der Waals surface area contributed by atoms with E-state index in [1.165, 1.54) is 6.07 Å². The highest BCUT2D eigenvalue weighted by Crippen LogP contribution is 2.28. The van der Waals surface area contributed by atoms with Gasteiger partial charge in [0.25, 0.3) is 5.91 Å². The van der Waals surface area contributed by atoms with Gasteiger partial charge in [0.15, 0.2) is 11.6 Å². The summed E-state index contributed by atoms with van der Waals surface area (Å²) in [6.07, 6.45) is 2.53. The molecule has 22 heavy (non-hydrogen) atoms. The van der Waals surface area contributed by atoms with E-state index < -0.39 is 11.6 Å². The van der Waals surface area contributed by atoms with Gasteiger partial charge in [-0.05, 0) is 36.7 Å². The van der Waals surface area contributed by atoms with E-state index in [0.29, 0.717) is 29.9 Å². The molecule has 1 aromatic heterocycles. The Balaban J connectivity index is 0.00000176. The Kier molecular flexibility index (Phi) is 4.83. The molecular weight excluding hydrogens is 312 g/mol. The fourth-order valence-electron chi connectivity index (χ4n) is 2.63. The van der Waals surface area contributed by atoms with Crippen LogP contribution < -0.4 is 11.1 Å². The monoisotopic (exact) mass is 327 g/mol. The molecule has 1 atom stereocenters. The molecule has 2 aromatic rings. The average molecular weight is 328 g/mol. The molecule has 0 saturated heterocycles. The first-order valence-electron chi connectivity index (χ1n) is 6.75. The predicted molar refractivity (Wildman–Crippen MR) is 82.1 cm³/mol. The minimum Gasteiger partial charge on any atom is -0.349 e. The number of amides is 1. The van der Waals surface area contributed by atoms with Gasteiger partial charge in [0.1, 0.15) is 5.69 Å². The Hall–Kier alpha value is -1.92. The lowest BCUT2D eigenvalue weighted by atomic mass is 10.1. The predicted octanol–water partition coefficient (Wildman–Crippen LogP) is 2.49. The van der Waals surface area contributed by atoms with Gasteiger partial charge in [0.05, 0.1) is 6.04 Å². The summed E-state index contributed by atoms with van der Waals surface area (Å²) in [7, 11) is 0. The summed E-state index contributed by atoms with van der Waals surface area (Å²) >= 11 is 0. The highest BCUT2D eigenvalue weighted by molar-refractivity contribution is 5.95. The number of fused-ring (bicyclic) bond motifs is 1. The molecule has 1 aliphatic heterocycles. The molecule has 1 aromatic carbocycles. The molecular formula is C15H16ClF2N3O. The van der Waals surface area contributed by atoms with E-state index >= 15 is 0 Å². The maximum absolute atomic E-state index is 13.3. The van der Waals surface area contributed by atoms with Gasteiger partial charge in [-0.1, -0.05) is 6.07 Å². The second-order valence-electron chi connectivity index (χ2n) is 5.09. The van der Waals surface area contributed by atoms with Gasteiger partial charge in [0, 0.05) is 18.3 Å². The van der Waals surface area contributed by atoms with Crippen LogP contribution in [0.3, 0.4) is 0 Å². The smallest absolute Gasteiger partial charge is 0.268 e. The van der Waals surface area contributed by atoms with Crippen LogP contribution in [0.4, 0.5) is 8.78 Å². The summed E-state index contributed by atoms with van der Waals surface area (Å²) in [5.74, 6) is -1.96.